The molecule has 0 aromatic heterocycles. The number of halogens is 2. The molecule has 0 saturated carbocycles. The summed E-state index contributed by atoms with van der Waals surface area (Å²) in [5.74, 6) is 1.11. The van der Waals surface area contributed by atoms with E-state index in [4.69, 9.17) is 29.6 Å². The Kier molecular flexibility index (Phi) is 6.69. The fourth-order valence-electron chi connectivity index (χ4n) is 1.64. The summed E-state index contributed by atoms with van der Waals surface area (Å²) in [5.41, 5.74) is 0.109. The van der Waals surface area contributed by atoms with E-state index < -0.39 is 30.0 Å². The molecule has 0 spiro atoms. The highest BCUT2D eigenvalue weighted by Gasteiger charge is 2.27. The van der Waals surface area contributed by atoms with Gasteiger partial charge in [-0.15, -0.1) is 6.42 Å². The molecule has 7 heteroatoms. The maximum Gasteiger partial charge on any atom is 0.253 e. The summed E-state index contributed by atoms with van der Waals surface area (Å²) in [6, 6.07) is 2.68. The van der Waals surface area contributed by atoms with Crippen molar-refractivity contribution in [3.05, 3.63) is 33.8 Å². The molecule has 22 heavy (non-hydrogen) atoms. The molecule has 5 nitrogen and oxygen atoms in total. The van der Waals surface area contributed by atoms with Crippen molar-refractivity contribution in [3.8, 4) is 12.3 Å². The predicted octanol–water partition coefficient (Wildman–Crippen LogP) is 1.61. The molecule has 1 aromatic carbocycles. The van der Waals surface area contributed by atoms with Gasteiger partial charge < -0.3 is 15.7 Å². The van der Waals surface area contributed by atoms with Gasteiger partial charge in [0.25, 0.3) is 5.91 Å². The molecule has 3 N–H and O–H groups in total. The lowest BCUT2D eigenvalue weighted by Crippen LogP contribution is -2.53. The lowest BCUT2D eigenvalue weighted by Gasteiger charge is -2.22. The number of aliphatic hydroxyl groups is 1. The molecule has 0 aliphatic rings. The zero-order valence-electron chi connectivity index (χ0n) is 12.1. The minimum atomic E-state index is -1.17. The van der Waals surface area contributed by atoms with Crippen molar-refractivity contribution >= 4 is 35.0 Å². The number of nitrogens with one attached hydrogen (secondary N) is 2. The van der Waals surface area contributed by atoms with Crippen molar-refractivity contribution < 1.29 is 14.7 Å². The Morgan fingerprint density at radius 1 is 1.27 bits per heavy atom. The third kappa shape index (κ3) is 4.92. The summed E-state index contributed by atoms with van der Waals surface area (Å²) in [6.07, 6.45) is 4.06. The second kappa shape index (κ2) is 8.04. The molecular formula is C15H16Cl2N2O3. The van der Waals surface area contributed by atoms with Crippen molar-refractivity contribution in [1.82, 2.24) is 10.6 Å². The quantitative estimate of drug-likeness (QED) is 0.711. The number of rotatable bonds is 5. The highest BCUT2D eigenvalue weighted by Crippen LogP contribution is 2.20. The van der Waals surface area contributed by atoms with Gasteiger partial charge in [0.2, 0.25) is 5.91 Å². The molecule has 0 saturated heterocycles. The Morgan fingerprint density at radius 3 is 2.45 bits per heavy atom. The van der Waals surface area contributed by atoms with Crippen LogP contribution in [-0.2, 0) is 4.79 Å². The van der Waals surface area contributed by atoms with Gasteiger partial charge in [-0.05, 0) is 32.0 Å². The molecule has 0 aliphatic carbocycles. The summed E-state index contributed by atoms with van der Waals surface area (Å²) in [4.78, 5) is 24.2. The zero-order chi connectivity index (χ0) is 16.9. The fourth-order valence-corrected chi connectivity index (χ4v) is 2.02. The Labute approximate surface area is 139 Å². The zero-order valence-corrected chi connectivity index (χ0v) is 13.6. The Balaban J connectivity index is 2.91. The molecular weight excluding hydrogens is 327 g/mol. The van der Waals surface area contributed by atoms with Crippen LogP contribution in [0.3, 0.4) is 0 Å². The van der Waals surface area contributed by atoms with Crippen LogP contribution in [0.5, 0.6) is 0 Å². The molecule has 0 heterocycles. The van der Waals surface area contributed by atoms with E-state index in [1.165, 1.54) is 25.1 Å². The van der Waals surface area contributed by atoms with E-state index >= 15 is 0 Å². The lowest BCUT2D eigenvalue weighted by atomic mass is 10.1. The first kappa shape index (κ1) is 18.3. The third-order valence-corrected chi connectivity index (χ3v) is 3.40. The SMILES string of the molecule is C#C[C@H](C)NC(=O)[C@@H](NC(=O)c1cc(Cl)ccc1Cl)[C@@H](C)O. The van der Waals surface area contributed by atoms with Crippen LogP contribution in [-0.4, -0.2) is 35.1 Å². The number of carbonyl (C=O) groups excluding carboxylic acids is 2. The maximum atomic E-state index is 12.2. The number of hydrogen-bond donors (Lipinski definition) is 3. The van der Waals surface area contributed by atoms with Gasteiger partial charge in [-0.25, -0.2) is 0 Å². The minimum absolute atomic E-state index is 0.109. The van der Waals surface area contributed by atoms with E-state index in [2.05, 4.69) is 16.6 Å². The first-order valence-electron chi connectivity index (χ1n) is 6.46. The second-order valence-electron chi connectivity index (χ2n) is 4.71. The topological polar surface area (TPSA) is 78.4 Å². The minimum Gasteiger partial charge on any atom is -0.391 e. The summed E-state index contributed by atoms with van der Waals surface area (Å²) in [7, 11) is 0. The van der Waals surface area contributed by atoms with E-state index in [-0.39, 0.29) is 10.6 Å². The van der Waals surface area contributed by atoms with Gasteiger partial charge in [0.05, 0.1) is 22.7 Å². The number of aliphatic hydroxyl groups excluding tert-OH is 1. The van der Waals surface area contributed by atoms with E-state index in [0.717, 1.165) is 0 Å². The Morgan fingerprint density at radius 2 is 1.91 bits per heavy atom. The van der Waals surface area contributed by atoms with Crippen LogP contribution in [0.25, 0.3) is 0 Å². The molecule has 118 valence electrons. The first-order valence-corrected chi connectivity index (χ1v) is 7.22. The molecule has 0 bridgehead atoms. The van der Waals surface area contributed by atoms with Gasteiger partial charge in [-0.3, -0.25) is 9.59 Å². The monoisotopic (exact) mass is 342 g/mol. The normalized spacial score (nSPS) is 14.4. The van der Waals surface area contributed by atoms with Gasteiger partial charge in [-0.1, -0.05) is 29.1 Å². The highest BCUT2D eigenvalue weighted by molar-refractivity contribution is 6.35. The van der Waals surface area contributed by atoms with E-state index in [9.17, 15) is 14.7 Å². The number of benzene rings is 1. The third-order valence-electron chi connectivity index (χ3n) is 2.83. The lowest BCUT2D eigenvalue weighted by molar-refractivity contribution is -0.125. The van der Waals surface area contributed by atoms with Crippen molar-refractivity contribution in [2.45, 2.75) is 32.0 Å². The van der Waals surface area contributed by atoms with Crippen molar-refractivity contribution in [2.75, 3.05) is 0 Å². The number of terminal acetylenes is 1. The van der Waals surface area contributed by atoms with Crippen LogP contribution < -0.4 is 10.6 Å². The molecule has 1 aromatic rings. The van der Waals surface area contributed by atoms with Crippen LogP contribution >= 0.6 is 23.2 Å². The van der Waals surface area contributed by atoms with Crippen LogP contribution in [0.1, 0.15) is 24.2 Å². The fraction of sp³-hybridized carbons (Fsp3) is 0.333. The summed E-state index contributed by atoms with van der Waals surface area (Å²) in [6.45, 7) is 2.98. The Bertz CT molecular complexity index is 611. The summed E-state index contributed by atoms with van der Waals surface area (Å²) >= 11 is 11.8. The first-order chi connectivity index (χ1) is 10.3. The van der Waals surface area contributed by atoms with Crippen molar-refractivity contribution in [1.29, 1.82) is 0 Å². The van der Waals surface area contributed by atoms with Crippen LogP contribution in [0, 0.1) is 12.3 Å². The van der Waals surface area contributed by atoms with Crippen LogP contribution in [0.15, 0.2) is 18.2 Å². The summed E-state index contributed by atoms with van der Waals surface area (Å²) < 4.78 is 0. The van der Waals surface area contributed by atoms with Crippen LogP contribution in [0.2, 0.25) is 10.0 Å². The van der Waals surface area contributed by atoms with Gasteiger partial charge in [0.15, 0.2) is 0 Å². The second-order valence-corrected chi connectivity index (χ2v) is 5.56. The summed E-state index contributed by atoms with van der Waals surface area (Å²) in [5, 5.41) is 15.1. The van der Waals surface area contributed by atoms with Gasteiger partial charge in [0.1, 0.15) is 6.04 Å². The number of amides is 2. The average molecular weight is 343 g/mol. The van der Waals surface area contributed by atoms with Crippen molar-refractivity contribution in [2.24, 2.45) is 0 Å². The largest absolute Gasteiger partial charge is 0.391 e. The molecule has 2 amide bonds. The van der Waals surface area contributed by atoms with E-state index in [0.29, 0.717) is 5.02 Å². The molecule has 0 unspecified atom stereocenters. The number of carbonyl (C=O) groups is 2. The predicted molar refractivity (Wildman–Crippen MR) is 85.8 cm³/mol. The molecule has 1 rings (SSSR count). The average Bonchev–Trinajstić information content (AvgIpc) is 2.46. The molecule has 0 aliphatic heterocycles. The molecule has 3 atom stereocenters. The van der Waals surface area contributed by atoms with Gasteiger partial charge in [-0.2, -0.15) is 0 Å². The van der Waals surface area contributed by atoms with Crippen molar-refractivity contribution in [3.63, 3.8) is 0 Å². The molecule has 0 fully saturated rings. The maximum absolute atomic E-state index is 12.2. The van der Waals surface area contributed by atoms with Gasteiger partial charge in [0, 0.05) is 5.02 Å². The van der Waals surface area contributed by atoms with Gasteiger partial charge >= 0.3 is 0 Å². The Hall–Kier alpha value is -1.74. The smallest absolute Gasteiger partial charge is 0.253 e. The highest BCUT2D eigenvalue weighted by atomic mass is 35.5. The molecule has 0 radical (unpaired) electrons. The van der Waals surface area contributed by atoms with E-state index in [1.54, 1.807) is 6.92 Å². The number of hydrogen-bond acceptors (Lipinski definition) is 3. The van der Waals surface area contributed by atoms with Crippen LogP contribution in [0.4, 0.5) is 0 Å². The standard InChI is InChI=1S/C15H16Cl2N2O3/c1-4-8(2)18-15(22)13(9(3)20)19-14(21)11-7-10(16)5-6-12(11)17/h1,5-9,13,20H,2-3H3,(H,18,22)(H,19,21)/t8-,9+,13-/m0/s1. The van der Waals surface area contributed by atoms with E-state index in [1.807, 2.05) is 0 Å².